The molecule has 2 heterocycles. The molecular formula is C13H21N3O2S. The molecule has 5 nitrogen and oxygen atoms in total. The Hall–Kier alpha value is -1.01. The number of carbonyl (C=O) groups is 1. The van der Waals surface area contributed by atoms with Crippen molar-refractivity contribution in [2.24, 2.45) is 7.05 Å². The van der Waals surface area contributed by atoms with Crippen LogP contribution in [-0.2, 0) is 16.6 Å². The van der Waals surface area contributed by atoms with Crippen LogP contribution < -0.4 is 0 Å². The molecule has 0 aromatic carbocycles. The molecule has 0 saturated carbocycles. The third kappa shape index (κ3) is 3.51. The molecule has 0 radical (unpaired) electrons. The van der Waals surface area contributed by atoms with Gasteiger partial charge in [-0.3, -0.25) is 4.79 Å². The molecule has 1 aromatic rings. The van der Waals surface area contributed by atoms with Gasteiger partial charge in [-0.25, -0.2) is 4.98 Å². The van der Waals surface area contributed by atoms with Gasteiger partial charge < -0.3 is 14.2 Å². The van der Waals surface area contributed by atoms with Crippen molar-refractivity contribution in [1.82, 2.24) is 14.5 Å². The maximum absolute atomic E-state index is 12.4. The summed E-state index contributed by atoms with van der Waals surface area (Å²) in [5.41, 5.74) is 0. The molecule has 19 heavy (non-hydrogen) atoms. The minimum absolute atomic E-state index is 0.109. The van der Waals surface area contributed by atoms with Crippen molar-refractivity contribution in [3.05, 3.63) is 12.4 Å². The standard InChI is InChI=1S/C13H21N3O2S/c1-9-7-16(8-10(2)18-9)12(17)11(3)19-13-14-5-6-15(13)4/h5-6,9-11H,7-8H2,1-4H3. The topological polar surface area (TPSA) is 47.4 Å². The molecule has 0 bridgehead atoms. The lowest BCUT2D eigenvalue weighted by Gasteiger charge is -2.36. The fourth-order valence-corrected chi connectivity index (χ4v) is 3.20. The van der Waals surface area contributed by atoms with Gasteiger partial charge in [0.1, 0.15) is 0 Å². The van der Waals surface area contributed by atoms with Crippen molar-refractivity contribution in [2.75, 3.05) is 13.1 Å². The number of amides is 1. The van der Waals surface area contributed by atoms with Crippen molar-refractivity contribution in [2.45, 2.75) is 43.4 Å². The minimum Gasteiger partial charge on any atom is -0.372 e. The number of imidazole rings is 1. The quantitative estimate of drug-likeness (QED) is 0.790. The van der Waals surface area contributed by atoms with Crippen LogP contribution in [0.3, 0.4) is 0 Å². The summed E-state index contributed by atoms with van der Waals surface area (Å²) in [6, 6.07) is 0. The van der Waals surface area contributed by atoms with Crippen LogP contribution in [0.1, 0.15) is 20.8 Å². The third-order valence-corrected chi connectivity index (χ3v) is 4.30. The zero-order valence-corrected chi connectivity index (χ0v) is 12.7. The van der Waals surface area contributed by atoms with Gasteiger partial charge in [0.2, 0.25) is 5.91 Å². The second-order valence-electron chi connectivity index (χ2n) is 5.08. The number of rotatable bonds is 3. The lowest BCUT2D eigenvalue weighted by molar-refractivity contribution is -0.142. The fraction of sp³-hybridized carbons (Fsp3) is 0.692. The average molecular weight is 283 g/mol. The van der Waals surface area contributed by atoms with Crippen LogP contribution in [0.4, 0.5) is 0 Å². The summed E-state index contributed by atoms with van der Waals surface area (Å²) in [7, 11) is 1.94. The van der Waals surface area contributed by atoms with Gasteiger partial charge in [-0.2, -0.15) is 0 Å². The molecular weight excluding hydrogens is 262 g/mol. The summed E-state index contributed by atoms with van der Waals surface area (Å²) in [5, 5.41) is 0.744. The van der Waals surface area contributed by atoms with E-state index in [9.17, 15) is 4.79 Å². The Morgan fingerprint density at radius 3 is 2.63 bits per heavy atom. The van der Waals surface area contributed by atoms with Crippen LogP contribution in [-0.4, -0.2) is 50.9 Å². The van der Waals surface area contributed by atoms with Gasteiger partial charge in [0.05, 0.1) is 17.5 Å². The smallest absolute Gasteiger partial charge is 0.236 e. The summed E-state index contributed by atoms with van der Waals surface area (Å²) in [5.74, 6) is 0.162. The van der Waals surface area contributed by atoms with Crippen LogP contribution in [0.25, 0.3) is 0 Å². The molecule has 0 spiro atoms. The van der Waals surface area contributed by atoms with Gasteiger partial charge in [-0.05, 0) is 20.8 Å². The Balaban J connectivity index is 1.97. The van der Waals surface area contributed by atoms with Crippen LogP contribution >= 0.6 is 11.8 Å². The predicted molar refractivity (Wildman–Crippen MR) is 75.1 cm³/mol. The van der Waals surface area contributed by atoms with E-state index in [0.717, 1.165) is 5.16 Å². The number of hydrogen-bond acceptors (Lipinski definition) is 4. The molecule has 2 rings (SSSR count). The highest BCUT2D eigenvalue weighted by atomic mass is 32.2. The predicted octanol–water partition coefficient (Wildman–Crippen LogP) is 1.54. The molecule has 106 valence electrons. The van der Waals surface area contributed by atoms with Crippen molar-refractivity contribution in [3.8, 4) is 0 Å². The van der Waals surface area contributed by atoms with Gasteiger partial charge in [0, 0.05) is 32.5 Å². The highest BCUT2D eigenvalue weighted by Gasteiger charge is 2.29. The molecule has 1 fully saturated rings. The highest BCUT2D eigenvalue weighted by molar-refractivity contribution is 8.00. The van der Waals surface area contributed by atoms with Crippen LogP contribution in [0.5, 0.6) is 0 Å². The largest absolute Gasteiger partial charge is 0.372 e. The van der Waals surface area contributed by atoms with Crippen molar-refractivity contribution in [3.63, 3.8) is 0 Å². The first-order chi connectivity index (χ1) is 8.97. The summed E-state index contributed by atoms with van der Waals surface area (Å²) in [6.07, 6.45) is 3.85. The first kappa shape index (κ1) is 14.4. The lowest BCUT2D eigenvalue weighted by atomic mass is 10.2. The normalized spacial score (nSPS) is 25.4. The first-order valence-corrected chi connectivity index (χ1v) is 7.43. The molecule has 1 aliphatic heterocycles. The van der Waals surface area contributed by atoms with Gasteiger partial charge in [0.25, 0.3) is 0 Å². The number of hydrogen-bond donors (Lipinski definition) is 0. The SMILES string of the molecule is CC1CN(C(=O)C(C)Sc2nccn2C)CC(C)O1. The second kappa shape index (κ2) is 5.96. The van der Waals surface area contributed by atoms with Gasteiger partial charge >= 0.3 is 0 Å². The van der Waals surface area contributed by atoms with Gasteiger partial charge in [-0.15, -0.1) is 0 Å². The first-order valence-electron chi connectivity index (χ1n) is 6.55. The van der Waals surface area contributed by atoms with E-state index in [4.69, 9.17) is 4.74 Å². The Morgan fingerprint density at radius 1 is 1.47 bits per heavy atom. The lowest BCUT2D eigenvalue weighted by Crippen LogP contribution is -2.50. The van der Waals surface area contributed by atoms with E-state index < -0.39 is 0 Å². The summed E-state index contributed by atoms with van der Waals surface area (Å²) in [6.45, 7) is 7.30. The van der Waals surface area contributed by atoms with E-state index in [1.807, 2.05) is 43.5 Å². The summed E-state index contributed by atoms with van der Waals surface area (Å²) in [4.78, 5) is 18.6. The zero-order valence-electron chi connectivity index (χ0n) is 11.9. The number of ether oxygens (including phenoxy) is 1. The van der Waals surface area contributed by atoms with Crippen LogP contribution in [0.2, 0.25) is 0 Å². The Bertz CT molecular complexity index is 439. The third-order valence-electron chi connectivity index (χ3n) is 3.14. The molecule has 1 amide bonds. The maximum atomic E-state index is 12.4. The minimum atomic E-state index is -0.126. The van der Waals surface area contributed by atoms with Crippen LogP contribution in [0.15, 0.2) is 17.6 Å². The molecule has 1 aromatic heterocycles. The van der Waals surface area contributed by atoms with E-state index in [1.54, 1.807) is 6.20 Å². The van der Waals surface area contributed by atoms with E-state index in [0.29, 0.717) is 13.1 Å². The Labute approximate surface area is 118 Å². The zero-order chi connectivity index (χ0) is 14.0. The Morgan fingerprint density at radius 2 is 2.11 bits per heavy atom. The van der Waals surface area contributed by atoms with E-state index in [-0.39, 0.29) is 23.4 Å². The van der Waals surface area contributed by atoms with E-state index in [2.05, 4.69) is 4.98 Å². The number of aryl methyl sites for hydroxylation is 1. The molecule has 0 N–H and O–H groups in total. The fourth-order valence-electron chi connectivity index (χ4n) is 2.29. The van der Waals surface area contributed by atoms with Crippen molar-refractivity contribution < 1.29 is 9.53 Å². The van der Waals surface area contributed by atoms with E-state index >= 15 is 0 Å². The van der Waals surface area contributed by atoms with E-state index in [1.165, 1.54) is 11.8 Å². The monoisotopic (exact) mass is 283 g/mol. The number of morpholine rings is 1. The molecule has 3 unspecified atom stereocenters. The second-order valence-corrected chi connectivity index (χ2v) is 6.39. The maximum Gasteiger partial charge on any atom is 0.236 e. The Kier molecular flexibility index (Phi) is 4.52. The molecule has 1 saturated heterocycles. The summed E-state index contributed by atoms with van der Waals surface area (Å²) >= 11 is 1.50. The van der Waals surface area contributed by atoms with Gasteiger partial charge in [-0.1, -0.05) is 11.8 Å². The number of aromatic nitrogens is 2. The average Bonchev–Trinajstić information content (AvgIpc) is 2.72. The van der Waals surface area contributed by atoms with Crippen LogP contribution in [0, 0.1) is 0 Å². The van der Waals surface area contributed by atoms with Crippen molar-refractivity contribution in [1.29, 1.82) is 0 Å². The number of nitrogens with zero attached hydrogens (tertiary/aromatic N) is 3. The number of carbonyl (C=O) groups excluding carboxylic acids is 1. The molecule has 6 heteroatoms. The molecule has 1 aliphatic rings. The molecule has 0 aliphatic carbocycles. The van der Waals surface area contributed by atoms with Gasteiger partial charge in [0.15, 0.2) is 5.16 Å². The highest BCUT2D eigenvalue weighted by Crippen LogP contribution is 2.23. The summed E-state index contributed by atoms with van der Waals surface area (Å²) < 4.78 is 7.58. The van der Waals surface area contributed by atoms with Crippen molar-refractivity contribution >= 4 is 17.7 Å². The molecule has 3 atom stereocenters. The number of thioether (sulfide) groups is 1.